The van der Waals surface area contributed by atoms with E-state index in [2.05, 4.69) is 43.1 Å². The van der Waals surface area contributed by atoms with Crippen molar-refractivity contribution in [3.63, 3.8) is 0 Å². The second kappa shape index (κ2) is 13.9. The number of likely N-dealkylation sites (tertiary alicyclic amines) is 1. The highest BCUT2D eigenvalue weighted by Crippen LogP contribution is 2.36. The molecule has 1 aromatic carbocycles. The van der Waals surface area contributed by atoms with E-state index in [-0.39, 0.29) is 16.8 Å². The largest absolute Gasteiger partial charge is 0.481 e. The zero-order chi connectivity index (χ0) is 30.5. The predicted octanol–water partition coefficient (Wildman–Crippen LogP) is 6.02. The molecule has 2 fully saturated rings. The van der Waals surface area contributed by atoms with Crippen molar-refractivity contribution in [1.29, 1.82) is 0 Å². The number of anilines is 1. The quantitative estimate of drug-likeness (QED) is 0.250. The number of rotatable bonds is 12. The molecule has 2 N–H and O–H groups in total. The van der Waals surface area contributed by atoms with E-state index < -0.39 is 15.9 Å². The molecule has 1 saturated carbocycles. The zero-order valence-electron chi connectivity index (χ0n) is 25.2. The predicted molar refractivity (Wildman–Crippen MR) is 175 cm³/mol. The Balaban J connectivity index is 1.20. The summed E-state index contributed by atoms with van der Waals surface area (Å²) in [5.41, 5.74) is 2.53. The SMILES string of the molecule is COc1ccc2nc(NC(=O)C(CC3CCCC3)c3ccc(S(=O)(=O)NC(CN4CCCC4)C4=CCCC=C4)cc3)sc2n1. The second-order valence-corrected chi connectivity index (χ2v) is 14.8. The third-order valence-electron chi connectivity index (χ3n) is 8.99. The lowest BCUT2D eigenvalue weighted by Gasteiger charge is -2.26. The number of fused-ring (bicyclic) bond motifs is 1. The molecule has 9 nitrogen and oxygen atoms in total. The van der Waals surface area contributed by atoms with Crippen molar-refractivity contribution >= 4 is 42.7 Å². The molecule has 0 spiro atoms. The summed E-state index contributed by atoms with van der Waals surface area (Å²) in [5.74, 6) is 0.397. The minimum atomic E-state index is -3.78. The molecule has 2 aromatic heterocycles. The summed E-state index contributed by atoms with van der Waals surface area (Å²) in [7, 11) is -2.22. The van der Waals surface area contributed by atoms with Crippen LogP contribution in [0.25, 0.3) is 10.3 Å². The fraction of sp³-hybridized carbons (Fsp3) is 0.485. The highest BCUT2D eigenvalue weighted by molar-refractivity contribution is 7.89. The van der Waals surface area contributed by atoms with Gasteiger partial charge in [0.15, 0.2) is 5.13 Å². The van der Waals surface area contributed by atoms with Crippen molar-refractivity contribution in [2.24, 2.45) is 5.92 Å². The number of methoxy groups -OCH3 is 1. The van der Waals surface area contributed by atoms with Crippen LogP contribution in [0.2, 0.25) is 0 Å². The van der Waals surface area contributed by atoms with Crippen molar-refractivity contribution in [3.8, 4) is 5.88 Å². The second-order valence-electron chi connectivity index (χ2n) is 12.1. The van der Waals surface area contributed by atoms with E-state index in [0.717, 1.165) is 62.8 Å². The van der Waals surface area contributed by atoms with Crippen molar-refractivity contribution in [2.75, 3.05) is 32.1 Å². The molecule has 44 heavy (non-hydrogen) atoms. The van der Waals surface area contributed by atoms with Crippen LogP contribution in [0.5, 0.6) is 5.88 Å². The Hall–Kier alpha value is -3.12. The minimum Gasteiger partial charge on any atom is -0.481 e. The summed E-state index contributed by atoms with van der Waals surface area (Å²) in [5, 5.41) is 3.51. The van der Waals surface area contributed by atoms with Crippen LogP contribution in [0.15, 0.2) is 65.1 Å². The third kappa shape index (κ3) is 7.39. The molecule has 6 rings (SSSR count). The molecule has 1 amide bonds. The van der Waals surface area contributed by atoms with Crippen LogP contribution in [0, 0.1) is 5.92 Å². The smallest absolute Gasteiger partial charge is 0.241 e. The van der Waals surface area contributed by atoms with Crippen molar-refractivity contribution in [2.45, 2.75) is 74.6 Å². The Labute approximate surface area is 263 Å². The lowest BCUT2D eigenvalue weighted by Crippen LogP contribution is -2.44. The Morgan fingerprint density at radius 1 is 1.05 bits per heavy atom. The number of thiazole rings is 1. The highest BCUT2D eigenvalue weighted by atomic mass is 32.2. The van der Waals surface area contributed by atoms with Gasteiger partial charge in [0.25, 0.3) is 0 Å². The van der Waals surface area contributed by atoms with Gasteiger partial charge in [-0.25, -0.2) is 23.1 Å². The Morgan fingerprint density at radius 2 is 1.82 bits per heavy atom. The van der Waals surface area contributed by atoms with Gasteiger partial charge in [-0.15, -0.1) is 0 Å². The number of nitrogens with zero attached hydrogens (tertiary/aromatic N) is 3. The number of amides is 1. The van der Waals surface area contributed by atoms with Crippen LogP contribution in [0.1, 0.15) is 69.3 Å². The van der Waals surface area contributed by atoms with E-state index in [9.17, 15) is 13.2 Å². The van der Waals surface area contributed by atoms with Gasteiger partial charge in [0.1, 0.15) is 10.3 Å². The van der Waals surface area contributed by atoms with Gasteiger partial charge < -0.3 is 15.0 Å². The van der Waals surface area contributed by atoms with E-state index in [1.807, 2.05) is 6.07 Å². The van der Waals surface area contributed by atoms with Crippen LogP contribution < -0.4 is 14.8 Å². The van der Waals surface area contributed by atoms with Crippen molar-refractivity contribution < 1.29 is 17.9 Å². The summed E-state index contributed by atoms with van der Waals surface area (Å²) < 4.78 is 35.5. The van der Waals surface area contributed by atoms with E-state index in [1.54, 1.807) is 37.4 Å². The first-order chi connectivity index (χ1) is 21.4. The maximum absolute atomic E-state index is 13.7. The van der Waals surface area contributed by atoms with E-state index in [1.165, 1.54) is 24.2 Å². The van der Waals surface area contributed by atoms with E-state index in [0.29, 0.717) is 40.2 Å². The number of hydrogen-bond donors (Lipinski definition) is 2. The molecule has 3 aromatic rings. The maximum atomic E-state index is 13.7. The first-order valence-electron chi connectivity index (χ1n) is 15.7. The van der Waals surface area contributed by atoms with Crippen LogP contribution >= 0.6 is 11.3 Å². The fourth-order valence-electron chi connectivity index (χ4n) is 6.59. The summed E-state index contributed by atoms with van der Waals surface area (Å²) >= 11 is 1.31. The molecule has 0 radical (unpaired) electrons. The standard InChI is InChI=1S/C33H41N5O4S2/c1-42-30-18-17-28-32(35-30)43-33(34-28)36-31(39)27(21-23-9-5-6-10-23)24-13-15-26(16-14-24)44(40,41)37-29(22-38-19-7-8-20-38)25-11-3-2-4-12-25/h3,11-18,23,27,29,37H,2,4-10,19-22H2,1H3,(H,34,36,39). The summed E-state index contributed by atoms with van der Waals surface area (Å²) in [6.07, 6.45) is 15.8. The molecule has 2 aliphatic carbocycles. The number of hydrogen-bond acceptors (Lipinski definition) is 8. The van der Waals surface area contributed by atoms with Crippen LogP contribution in [0.3, 0.4) is 0 Å². The number of carbonyl (C=O) groups excluding carboxylic acids is 1. The van der Waals surface area contributed by atoms with E-state index >= 15 is 0 Å². The van der Waals surface area contributed by atoms with Crippen LogP contribution in [-0.4, -0.2) is 62.0 Å². The molecule has 2 unspecified atom stereocenters. The van der Waals surface area contributed by atoms with Gasteiger partial charge in [0.2, 0.25) is 21.8 Å². The van der Waals surface area contributed by atoms with Gasteiger partial charge in [-0.2, -0.15) is 0 Å². The van der Waals surface area contributed by atoms with Crippen LogP contribution in [0.4, 0.5) is 5.13 Å². The summed E-state index contributed by atoms with van der Waals surface area (Å²) in [6, 6.07) is 10.1. The van der Waals surface area contributed by atoms with E-state index in [4.69, 9.17) is 4.74 Å². The zero-order valence-corrected chi connectivity index (χ0v) is 26.8. The molecule has 1 saturated heterocycles. The molecule has 2 atom stereocenters. The lowest BCUT2D eigenvalue weighted by atomic mass is 9.87. The number of allylic oxidation sites excluding steroid dienone is 2. The molecule has 1 aliphatic heterocycles. The average molecular weight is 636 g/mol. The lowest BCUT2D eigenvalue weighted by molar-refractivity contribution is -0.118. The van der Waals surface area contributed by atoms with Gasteiger partial charge in [0.05, 0.1) is 24.0 Å². The van der Waals surface area contributed by atoms with Gasteiger partial charge in [-0.05, 0) is 80.4 Å². The number of nitrogens with one attached hydrogen (secondary N) is 2. The Morgan fingerprint density at radius 3 is 2.52 bits per heavy atom. The number of sulfonamides is 1. The van der Waals surface area contributed by atoms with Gasteiger partial charge in [0, 0.05) is 12.6 Å². The van der Waals surface area contributed by atoms with Gasteiger partial charge >= 0.3 is 0 Å². The first kappa shape index (κ1) is 30.9. The molecular weight excluding hydrogens is 595 g/mol. The number of aromatic nitrogens is 2. The van der Waals surface area contributed by atoms with Gasteiger partial charge in [-0.1, -0.05) is 67.4 Å². The van der Waals surface area contributed by atoms with Crippen LogP contribution in [-0.2, 0) is 14.8 Å². The number of pyridine rings is 1. The van der Waals surface area contributed by atoms with Gasteiger partial charge in [-0.3, -0.25) is 4.79 Å². The average Bonchev–Trinajstić information content (AvgIpc) is 3.82. The van der Waals surface area contributed by atoms with Crippen molar-refractivity contribution in [1.82, 2.24) is 19.6 Å². The molecule has 0 bridgehead atoms. The molecular formula is C33H41N5O4S2. The number of carbonyl (C=O) groups is 1. The molecule has 234 valence electrons. The molecule has 3 aliphatic rings. The third-order valence-corrected chi connectivity index (χ3v) is 11.4. The monoisotopic (exact) mass is 635 g/mol. The topological polar surface area (TPSA) is 114 Å². The molecule has 3 heterocycles. The molecule has 11 heteroatoms. The highest BCUT2D eigenvalue weighted by Gasteiger charge is 2.29. The summed E-state index contributed by atoms with van der Waals surface area (Å²) in [6.45, 7) is 2.65. The Kier molecular flexibility index (Phi) is 9.75. The number of benzene rings is 1. The van der Waals surface area contributed by atoms with Crippen molar-refractivity contribution in [3.05, 3.63) is 65.8 Å². The normalized spacial score (nSPS) is 19.2. The fourth-order valence-corrected chi connectivity index (χ4v) is 8.64. The first-order valence-corrected chi connectivity index (χ1v) is 18.0. The Bertz CT molecular complexity index is 1620. The number of ether oxygens (including phenoxy) is 1. The summed E-state index contributed by atoms with van der Waals surface area (Å²) in [4.78, 5) is 25.9. The maximum Gasteiger partial charge on any atom is 0.241 e. The minimum absolute atomic E-state index is 0.140.